The summed E-state index contributed by atoms with van der Waals surface area (Å²) in [6.45, 7) is 4.87. The maximum Gasteiger partial charge on any atom is 0.275 e. The van der Waals surface area contributed by atoms with Gasteiger partial charge >= 0.3 is 0 Å². The molecule has 0 spiro atoms. The van der Waals surface area contributed by atoms with Gasteiger partial charge in [0.2, 0.25) is 0 Å². The number of ether oxygens (including phenoxy) is 1. The number of morpholine rings is 1. The zero-order chi connectivity index (χ0) is 18.4. The Morgan fingerprint density at radius 3 is 2.46 bits per heavy atom. The van der Waals surface area contributed by atoms with Crippen LogP contribution in [0, 0.1) is 0 Å². The van der Waals surface area contributed by atoms with Gasteiger partial charge in [-0.15, -0.1) is 0 Å². The molecule has 1 atom stereocenters. The lowest BCUT2D eigenvalue weighted by molar-refractivity contribution is 0.0285. The number of carbonyl (C=O) groups is 1. The van der Waals surface area contributed by atoms with Crippen molar-refractivity contribution in [2.24, 2.45) is 5.10 Å². The van der Waals surface area contributed by atoms with Crippen LogP contribution in [0.5, 0.6) is 5.75 Å². The summed E-state index contributed by atoms with van der Waals surface area (Å²) in [6.07, 6.45) is 0. The van der Waals surface area contributed by atoms with E-state index in [1.807, 2.05) is 25.1 Å². The van der Waals surface area contributed by atoms with Crippen LogP contribution < -0.4 is 5.43 Å². The highest BCUT2D eigenvalue weighted by Gasteiger charge is 2.25. The van der Waals surface area contributed by atoms with Crippen molar-refractivity contribution < 1.29 is 14.6 Å². The van der Waals surface area contributed by atoms with Crippen LogP contribution in [-0.2, 0) is 4.74 Å². The molecule has 1 saturated heterocycles. The van der Waals surface area contributed by atoms with Crippen molar-refractivity contribution in [3.63, 3.8) is 0 Å². The van der Waals surface area contributed by atoms with Crippen LogP contribution in [0.3, 0.4) is 0 Å². The predicted molar refractivity (Wildman–Crippen MR) is 100 cm³/mol. The number of hydrogen-bond donors (Lipinski definition) is 2. The monoisotopic (exact) mass is 353 g/mol. The Hall–Kier alpha value is -2.70. The largest absolute Gasteiger partial charge is 0.507 e. The van der Waals surface area contributed by atoms with Crippen LogP contribution in [-0.4, -0.2) is 47.9 Å². The number of rotatable bonds is 5. The summed E-state index contributed by atoms with van der Waals surface area (Å²) in [5.41, 5.74) is 4.66. The van der Waals surface area contributed by atoms with E-state index in [1.165, 1.54) is 6.07 Å². The molecular formula is C20H23N3O3. The van der Waals surface area contributed by atoms with Crippen molar-refractivity contribution in [1.82, 2.24) is 10.3 Å². The van der Waals surface area contributed by atoms with Crippen molar-refractivity contribution in [1.29, 1.82) is 0 Å². The molecule has 136 valence electrons. The van der Waals surface area contributed by atoms with Crippen LogP contribution in [0.25, 0.3) is 0 Å². The highest BCUT2D eigenvalue weighted by molar-refractivity contribution is 5.98. The first-order chi connectivity index (χ1) is 12.7. The van der Waals surface area contributed by atoms with Crippen LogP contribution in [0.2, 0.25) is 0 Å². The summed E-state index contributed by atoms with van der Waals surface area (Å²) in [6, 6.07) is 16.5. The summed E-state index contributed by atoms with van der Waals surface area (Å²) in [5, 5.41) is 14.1. The molecule has 0 bridgehead atoms. The van der Waals surface area contributed by atoms with E-state index in [1.54, 1.807) is 18.2 Å². The molecule has 2 N–H and O–H groups in total. The first-order valence-electron chi connectivity index (χ1n) is 8.66. The first-order valence-corrected chi connectivity index (χ1v) is 8.66. The molecule has 2 aromatic carbocycles. The standard InChI is InChI=1S/C20H23N3O3/c1-15(21-22-20(25)17-9-5-6-10-18(17)24)19(16-7-3-2-4-8-16)23-11-13-26-14-12-23/h2-10,19,24H,11-14H2,1H3,(H,22,25)/b21-15-/t19-/m0/s1. The van der Waals surface area contributed by atoms with E-state index in [9.17, 15) is 9.90 Å². The lowest BCUT2D eigenvalue weighted by Crippen LogP contribution is -2.42. The fourth-order valence-electron chi connectivity index (χ4n) is 3.11. The zero-order valence-corrected chi connectivity index (χ0v) is 14.8. The number of aromatic hydroxyl groups is 1. The van der Waals surface area contributed by atoms with Gasteiger partial charge in [0.25, 0.3) is 5.91 Å². The van der Waals surface area contributed by atoms with Crippen molar-refractivity contribution in [2.45, 2.75) is 13.0 Å². The number of amides is 1. The van der Waals surface area contributed by atoms with Crippen LogP contribution in [0.4, 0.5) is 0 Å². The Morgan fingerprint density at radius 1 is 1.12 bits per heavy atom. The number of hydrogen-bond acceptors (Lipinski definition) is 5. The molecule has 1 fully saturated rings. The number of carbonyl (C=O) groups excluding carboxylic acids is 1. The first kappa shape index (κ1) is 18.1. The smallest absolute Gasteiger partial charge is 0.275 e. The van der Waals surface area contributed by atoms with Gasteiger partial charge in [-0.3, -0.25) is 9.69 Å². The number of para-hydroxylation sites is 1. The second-order valence-corrected chi connectivity index (χ2v) is 6.17. The molecule has 1 aliphatic rings. The van der Waals surface area contributed by atoms with E-state index in [4.69, 9.17) is 4.74 Å². The van der Waals surface area contributed by atoms with Crippen LogP contribution in [0.1, 0.15) is 28.9 Å². The maximum absolute atomic E-state index is 12.3. The van der Waals surface area contributed by atoms with Crippen molar-refractivity contribution in [2.75, 3.05) is 26.3 Å². The third-order valence-corrected chi connectivity index (χ3v) is 4.40. The van der Waals surface area contributed by atoms with E-state index in [2.05, 4.69) is 27.6 Å². The molecule has 3 rings (SSSR count). The van der Waals surface area contributed by atoms with Gasteiger partial charge in [-0.1, -0.05) is 42.5 Å². The Bertz CT molecular complexity index is 771. The van der Waals surface area contributed by atoms with Crippen LogP contribution >= 0.6 is 0 Å². The number of phenols is 1. The summed E-state index contributed by atoms with van der Waals surface area (Å²) in [5.74, 6) is -0.498. The second-order valence-electron chi connectivity index (χ2n) is 6.17. The molecule has 0 unspecified atom stereocenters. The fourth-order valence-corrected chi connectivity index (χ4v) is 3.11. The quantitative estimate of drug-likeness (QED) is 0.640. The minimum absolute atomic E-state index is 0.0372. The SMILES string of the molecule is C/C(=N/NC(=O)c1ccccc1O)[C@@H](c1ccccc1)N1CCOCC1. The average molecular weight is 353 g/mol. The Labute approximate surface area is 153 Å². The van der Waals surface area contributed by atoms with Gasteiger partial charge in [0, 0.05) is 13.1 Å². The van der Waals surface area contributed by atoms with E-state index in [0.29, 0.717) is 13.2 Å². The maximum atomic E-state index is 12.3. The van der Waals surface area contributed by atoms with Crippen molar-refractivity contribution in [3.8, 4) is 5.75 Å². The van der Waals surface area contributed by atoms with Gasteiger partial charge in [-0.25, -0.2) is 5.43 Å². The molecule has 2 aromatic rings. The minimum atomic E-state index is -0.434. The summed E-state index contributed by atoms with van der Waals surface area (Å²) in [7, 11) is 0. The molecule has 0 radical (unpaired) electrons. The number of nitrogens with zero attached hydrogens (tertiary/aromatic N) is 2. The van der Waals surface area contributed by atoms with Gasteiger partial charge in [0.05, 0.1) is 30.5 Å². The molecule has 26 heavy (non-hydrogen) atoms. The highest BCUT2D eigenvalue weighted by atomic mass is 16.5. The van der Waals surface area contributed by atoms with Crippen molar-refractivity contribution >= 4 is 11.6 Å². The highest BCUT2D eigenvalue weighted by Crippen LogP contribution is 2.23. The third kappa shape index (κ3) is 4.28. The summed E-state index contributed by atoms with van der Waals surface area (Å²) in [4.78, 5) is 14.6. The number of phenolic OH excluding ortho intramolecular Hbond substituents is 1. The Balaban J connectivity index is 1.80. The third-order valence-electron chi connectivity index (χ3n) is 4.40. The molecule has 1 amide bonds. The van der Waals surface area contributed by atoms with Crippen LogP contribution in [0.15, 0.2) is 59.7 Å². The molecular weight excluding hydrogens is 330 g/mol. The van der Waals surface area contributed by atoms with Gasteiger partial charge < -0.3 is 9.84 Å². The van der Waals surface area contributed by atoms with E-state index in [-0.39, 0.29) is 17.4 Å². The van der Waals surface area contributed by atoms with E-state index < -0.39 is 5.91 Å². The molecule has 6 heteroatoms. The molecule has 0 aliphatic carbocycles. The molecule has 6 nitrogen and oxygen atoms in total. The van der Waals surface area contributed by atoms with E-state index in [0.717, 1.165) is 24.4 Å². The van der Waals surface area contributed by atoms with Gasteiger partial charge in [-0.05, 0) is 24.6 Å². The van der Waals surface area contributed by atoms with Gasteiger partial charge in [0.1, 0.15) is 5.75 Å². The summed E-state index contributed by atoms with van der Waals surface area (Å²) >= 11 is 0. The minimum Gasteiger partial charge on any atom is -0.507 e. The Morgan fingerprint density at radius 2 is 1.77 bits per heavy atom. The normalized spacial score (nSPS) is 16.9. The molecule has 0 aromatic heterocycles. The van der Waals surface area contributed by atoms with Crippen molar-refractivity contribution in [3.05, 3.63) is 65.7 Å². The van der Waals surface area contributed by atoms with E-state index >= 15 is 0 Å². The zero-order valence-electron chi connectivity index (χ0n) is 14.8. The lowest BCUT2D eigenvalue weighted by Gasteiger charge is -2.34. The Kier molecular flexibility index (Phi) is 5.99. The summed E-state index contributed by atoms with van der Waals surface area (Å²) < 4.78 is 5.46. The number of hydrazone groups is 1. The lowest BCUT2D eigenvalue weighted by atomic mass is 10.0. The number of benzene rings is 2. The average Bonchev–Trinajstić information content (AvgIpc) is 2.68. The number of nitrogens with one attached hydrogen (secondary N) is 1. The topological polar surface area (TPSA) is 74.2 Å². The second kappa shape index (κ2) is 8.60. The molecule has 0 saturated carbocycles. The molecule has 1 heterocycles. The molecule has 1 aliphatic heterocycles. The predicted octanol–water partition coefficient (Wildman–Crippen LogP) is 2.57. The van der Waals surface area contributed by atoms with Gasteiger partial charge in [0.15, 0.2) is 0 Å². The van der Waals surface area contributed by atoms with Gasteiger partial charge in [-0.2, -0.15) is 5.10 Å². The fraction of sp³-hybridized carbons (Fsp3) is 0.300.